The van der Waals surface area contributed by atoms with Crippen LogP contribution in [-0.4, -0.2) is 28.4 Å². The van der Waals surface area contributed by atoms with Gasteiger partial charge in [0.05, 0.1) is 12.2 Å². The van der Waals surface area contributed by atoms with Gasteiger partial charge in [-0.2, -0.15) is 0 Å². The number of hydrogen-bond donors (Lipinski definition) is 0. The monoisotopic (exact) mass is 277 g/mol. The lowest BCUT2D eigenvalue weighted by molar-refractivity contribution is -0.109. The molecule has 19 heavy (non-hydrogen) atoms. The summed E-state index contributed by atoms with van der Waals surface area (Å²) in [6, 6.07) is 1.65. The van der Waals surface area contributed by atoms with E-state index in [1.165, 1.54) is 24.9 Å². The highest BCUT2D eigenvalue weighted by Gasteiger charge is 2.06. The van der Waals surface area contributed by atoms with Crippen LogP contribution in [0.5, 0.6) is 0 Å². The van der Waals surface area contributed by atoms with Crippen molar-refractivity contribution in [3.8, 4) is 11.8 Å². The Hall–Kier alpha value is -1.80. The molecule has 5 heteroatoms. The molecule has 4 nitrogen and oxygen atoms in total. The van der Waals surface area contributed by atoms with Gasteiger partial charge in [-0.25, -0.2) is 4.79 Å². The number of esters is 1. The maximum atomic E-state index is 11.5. The summed E-state index contributed by atoms with van der Waals surface area (Å²) in [6.45, 7) is 3.61. The molecule has 0 saturated carbocycles. The third kappa shape index (κ3) is 6.07. The molecular weight excluding hydrogens is 262 g/mol. The number of carbonyl (C=O) groups excluding carboxylic acids is 2. The van der Waals surface area contributed by atoms with Crippen molar-refractivity contribution >= 4 is 22.8 Å². The van der Waals surface area contributed by atoms with Gasteiger partial charge in [0.25, 0.3) is 0 Å². The van der Waals surface area contributed by atoms with E-state index in [1.54, 1.807) is 19.2 Å². The molecule has 0 aliphatic rings. The highest BCUT2D eigenvalue weighted by Crippen LogP contribution is 2.05. The van der Waals surface area contributed by atoms with Gasteiger partial charge in [-0.1, -0.05) is 23.6 Å². The third-order valence-corrected chi connectivity index (χ3v) is 2.83. The normalized spacial score (nSPS) is 9.37. The molecule has 0 spiro atoms. The summed E-state index contributed by atoms with van der Waals surface area (Å²) in [6.07, 6.45) is 3.66. The van der Waals surface area contributed by atoms with Crippen molar-refractivity contribution in [2.75, 3.05) is 12.4 Å². The van der Waals surface area contributed by atoms with Crippen LogP contribution >= 0.6 is 11.8 Å². The topological polar surface area (TPSA) is 56.3 Å². The van der Waals surface area contributed by atoms with Crippen LogP contribution in [0, 0.1) is 11.8 Å². The molecule has 100 valence electrons. The van der Waals surface area contributed by atoms with Crippen molar-refractivity contribution in [3.05, 3.63) is 29.6 Å². The van der Waals surface area contributed by atoms with Crippen LogP contribution in [0.3, 0.4) is 0 Å². The number of carbonyl (C=O) groups is 2. The minimum atomic E-state index is -0.397. The SMILES string of the molecule is CCOC(=O)c1cncc(C#CCCSC(C)=O)c1. The Kier molecular flexibility index (Phi) is 6.69. The fourth-order valence-electron chi connectivity index (χ4n) is 1.24. The molecule has 0 saturated heterocycles. The third-order valence-electron chi connectivity index (χ3n) is 2.01. The van der Waals surface area contributed by atoms with E-state index < -0.39 is 5.97 Å². The average Bonchev–Trinajstić information content (AvgIpc) is 2.38. The number of aromatic nitrogens is 1. The molecule has 1 aromatic heterocycles. The number of pyridine rings is 1. The van der Waals surface area contributed by atoms with Crippen molar-refractivity contribution < 1.29 is 14.3 Å². The van der Waals surface area contributed by atoms with Gasteiger partial charge in [-0.3, -0.25) is 9.78 Å². The Labute approximate surface area is 116 Å². The van der Waals surface area contributed by atoms with Crippen LogP contribution in [0.2, 0.25) is 0 Å². The van der Waals surface area contributed by atoms with Gasteiger partial charge in [0.1, 0.15) is 0 Å². The Bertz CT molecular complexity index is 517. The van der Waals surface area contributed by atoms with E-state index in [4.69, 9.17) is 4.74 Å². The van der Waals surface area contributed by atoms with Crippen LogP contribution in [0.15, 0.2) is 18.5 Å². The Morgan fingerprint density at radius 1 is 1.42 bits per heavy atom. The quantitative estimate of drug-likeness (QED) is 0.480. The predicted octanol–water partition coefficient (Wildman–Crippen LogP) is 2.28. The summed E-state index contributed by atoms with van der Waals surface area (Å²) in [5.74, 6) is 6.13. The molecule has 0 unspecified atom stereocenters. The molecule has 0 aromatic carbocycles. The Morgan fingerprint density at radius 3 is 2.89 bits per heavy atom. The molecule has 1 rings (SSSR count). The van der Waals surface area contributed by atoms with Crippen LogP contribution in [0.25, 0.3) is 0 Å². The van der Waals surface area contributed by atoms with E-state index in [9.17, 15) is 9.59 Å². The first-order valence-corrected chi connectivity index (χ1v) is 6.86. The average molecular weight is 277 g/mol. The minimum absolute atomic E-state index is 0.0905. The molecule has 0 fully saturated rings. The van der Waals surface area contributed by atoms with Gasteiger partial charge in [-0.05, 0) is 13.0 Å². The van der Waals surface area contributed by atoms with Gasteiger partial charge in [0.15, 0.2) is 5.12 Å². The van der Waals surface area contributed by atoms with Gasteiger partial charge < -0.3 is 4.74 Å². The molecule has 0 aliphatic heterocycles. The zero-order valence-corrected chi connectivity index (χ0v) is 11.8. The summed E-state index contributed by atoms with van der Waals surface area (Å²) in [5.41, 5.74) is 1.06. The molecule has 1 aromatic rings. The van der Waals surface area contributed by atoms with Crippen molar-refractivity contribution in [2.24, 2.45) is 0 Å². The zero-order valence-electron chi connectivity index (χ0n) is 10.9. The van der Waals surface area contributed by atoms with Crippen molar-refractivity contribution in [2.45, 2.75) is 20.3 Å². The van der Waals surface area contributed by atoms with Crippen LogP contribution < -0.4 is 0 Å². The summed E-state index contributed by atoms with van der Waals surface area (Å²) >= 11 is 1.25. The first kappa shape index (κ1) is 15.3. The van der Waals surface area contributed by atoms with Gasteiger partial charge in [0.2, 0.25) is 0 Å². The molecule has 0 atom stereocenters. The van der Waals surface area contributed by atoms with Crippen LogP contribution in [0.4, 0.5) is 0 Å². The molecule has 0 amide bonds. The number of rotatable bonds is 4. The lowest BCUT2D eigenvalue weighted by atomic mass is 10.2. The maximum absolute atomic E-state index is 11.5. The second kappa shape index (κ2) is 8.33. The number of hydrogen-bond acceptors (Lipinski definition) is 5. The fourth-order valence-corrected chi connectivity index (χ4v) is 1.74. The van der Waals surface area contributed by atoms with E-state index >= 15 is 0 Å². The van der Waals surface area contributed by atoms with E-state index in [2.05, 4.69) is 16.8 Å². The van der Waals surface area contributed by atoms with Gasteiger partial charge >= 0.3 is 5.97 Å². The number of thioether (sulfide) groups is 1. The predicted molar refractivity (Wildman–Crippen MR) is 74.8 cm³/mol. The summed E-state index contributed by atoms with van der Waals surface area (Å²) in [7, 11) is 0. The van der Waals surface area contributed by atoms with Crippen molar-refractivity contribution in [3.63, 3.8) is 0 Å². The Morgan fingerprint density at radius 2 is 2.21 bits per heavy atom. The molecule has 1 heterocycles. The molecular formula is C14H15NO3S. The van der Waals surface area contributed by atoms with Crippen LogP contribution in [0.1, 0.15) is 36.2 Å². The molecule has 0 aliphatic carbocycles. The lowest BCUT2D eigenvalue weighted by Crippen LogP contribution is -2.05. The van der Waals surface area contributed by atoms with E-state index in [0.717, 1.165) is 0 Å². The van der Waals surface area contributed by atoms with Gasteiger partial charge in [-0.15, -0.1) is 0 Å². The summed E-state index contributed by atoms with van der Waals surface area (Å²) < 4.78 is 4.88. The Balaban J connectivity index is 2.59. The molecule has 0 radical (unpaired) electrons. The summed E-state index contributed by atoms with van der Waals surface area (Å²) in [5, 5.41) is 0.0905. The highest BCUT2D eigenvalue weighted by molar-refractivity contribution is 8.13. The first-order valence-electron chi connectivity index (χ1n) is 5.88. The summed E-state index contributed by atoms with van der Waals surface area (Å²) in [4.78, 5) is 26.2. The number of nitrogens with zero attached hydrogens (tertiary/aromatic N) is 1. The standard InChI is InChI=1S/C14H15NO3S/c1-3-18-14(17)13-8-12(9-15-10-13)6-4-5-7-19-11(2)16/h8-10H,3,5,7H2,1-2H3. The van der Waals surface area contributed by atoms with Crippen LogP contribution in [-0.2, 0) is 9.53 Å². The maximum Gasteiger partial charge on any atom is 0.339 e. The zero-order chi connectivity index (χ0) is 14.1. The van der Waals surface area contributed by atoms with E-state index in [-0.39, 0.29) is 5.12 Å². The van der Waals surface area contributed by atoms with Crippen molar-refractivity contribution in [1.29, 1.82) is 0 Å². The molecule has 0 N–H and O–H groups in total. The van der Waals surface area contributed by atoms with E-state index in [0.29, 0.717) is 29.9 Å². The van der Waals surface area contributed by atoms with E-state index in [1.807, 2.05) is 0 Å². The minimum Gasteiger partial charge on any atom is -0.462 e. The van der Waals surface area contributed by atoms with Gasteiger partial charge in [0, 0.05) is 37.1 Å². The number of ether oxygens (including phenoxy) is 1. The second-order valence-electron chi connectivity index (χ2n) is 3.57. The highest BCUT2D eigenvalue weighted by atomic mass is 32.2. The fraction of sp³-hybridized carbons (Fsp3) is 0.357. The van der Waals surface area contributed by atoms with Crippen molar-refractivity contribution in [1.82, 2.24) is 4.98 Å². The molecule has 0 bridgehead atoms. The smallest absolute Gasteiger partial charge is 0.339 e. The lowest BCUT2D eigenvalue weighted by Gasteiger charge is -2.00. The largest absolute Gasteiger partial charge is 0.462 e. The first-order chi connectivity index (χ1) is 9.13. The second-order valence-corrected chi connectivity index (χ2v) is 4.85.